The van der Waals surface area contributed by atoms with Gasteiger partial charge in [-0.15, -0.1) is 0 Å². The van der Waals surface area contributed by atoms with Gasteiger partial charge in [0.05, 0.1) is 18.3 Å². The highest BCUT2D eigenvalue weighted by Crippen LogP contribution is 2.21. The van der Waals surface area contributed by atoms with Crippen molar-refractivity contribution in [3.05, 3.63) is 12.5 Å². The predicted molar refractivity (Wildman–Crippen MR) is 57.1 cm³/mol. The lowest BCUT2D eigenvalue weighted by Crippen LogP contribution is -2.42. The smallest absolute Gasteiger partial charge is 0.323 e. The lowest BCUT2D eigenvalue weighted by Gasteiger charge is -2.19. The van der Waals surface area contributed by atoms with Crippen molar-refractivity contribution >= 4 is 12.0 Å². The fourth-order valence-electron chi connectivity index (χ4n) is 1.96. The molecule has 1 heterocycles. The number of hydrogen-bond acceptors (Lipinski definition) is 4. The van der Waals surface area contributed by atoms with Crippen LogP contribution in [-0.2, 0) is 4.74 Å². The van der Waals surface area contributed by atoms with Crippen LogP contribution in [0, 0.1) is 0 Å². The summed E-state index contributed by atoms with van der Waals surface area (Å²) in [6, 6.07) is -0.0409. The molecule has 0 spiro atoms. The lowest BCUT2D eigenvalue weighted by molar-refractivity contribution is 0.0882. The first-order chi connectivity index (χ1) is 7.79. The zero-order valence-corrected chi connectivity index (χ0v) is 9.10. The summed E-state index contributed by atoms with van der Waals surface area (Å²) < 4.78 is 10.2. The van der Waals surface area contributed by atoms with Crippen molar-refractivity contribution in [2.24, 2.45) is 0 Å². The first-order valence-electron chi connectivity index (χ1n) is 5.29. The fraction of sp³-hybridized carbons (Fsp3) is 0.600. The molecule has 1 fully saturated rings. The van der Waals surface area contributed by atoms with Crippen molar-refractivity contribution in [3.8, 4) is 0 Å². The number of hydrogen-bond donors (Lipinski definition) is 2. The minimum atomic E-state index is -0.309. The third-order valence-corrected chi connectivity index (χ3v) is 2.72. The predicted octanol–water partition coefficient (Wildman–Crippen LogP) is 1.36. The molecule has 2 N–H and O–H groups in total. The molecule has 2 amide bonds. The topological polar surface area (TPSA) is 76.4 Å². The Hall–Kier alpha value is -1.56. The number of oxazole rings is 1. The van der Waals surface area contributed by atoms with E-state index in [9.17, 15) is 4.79 Å². The van der Waals surface area contributed by atoms with Gasteiger partial charge in [-0.3, -0.25) is 5.32 Å². The summed E-state index contributed by atoms with van der Waals surface area (Å²) in [4.78, 5) is 15.4. The number of carbonyl (C=O) groups excluding carboxylic acids is 1. The number of ether oxygens (including phenoxy) is 1. The highest BCUT2D eigenvalue weighted by atomic mass is 16.5. The Kier molecular flexibility index (Phi) is 3.40. The third kappa shape index (κ3) is 2.52. The number of urea groups is 1. The molecule has 6 heteroatoms. The van der Waals surface area contributed by atoms with Crippen LogP contribution in [-0.4, -0.2) is 30.3 Å². The van der Waals surface area contributed by atoms with Gasteiger partial charge in [-0.05, 0) is 19.3 Å². The molecule has 0 aromatic carbocycles. The standard InChI is InChI=1S/C10H15N3O3/c1-15-8-4-2-3-7(8)12-9(14)13-10-11-5-6-16-10/h5-8H,2-4H2,1H3,(H2,11,12,13,14)/t7-,8-/m1/s1. The summed E-state index contributed by atoms with van der Waals surface area (Å²) in [5, 5.41) is 5.35. The molecular weight excluding hydrogens is 210 g/mol. The second-order valence-electron chi connectivity index (χ2n) is 3.75. The van der Waals surface area contributed by atoms with E-state index >= 15 is 0 Å². The van der Waals surface area contributed by atoms with Gasteiger partial charge in [0.15, 0.2) is 0 Å². The summed E-state index contributed by atoms with van der Waals surface area (Å²) >= 11 is 0. The summed E-state index contributed by atoms with van der Waals surface area (Å²) in [5.74, 6) is 0. The molecule has 2 atom stereocenters. The van der Waals surface area contributed by atoms with Gasteiger partial charge < -0.3 is 14.5 Å². The number of methoxy groups -OCH3 is 1. The van der Waals surface area contributed by atoms with E-state index < -0.39 is 0 Å². The molecule has 16 heavy (non-hydrogen) atoms. The van der Waals surface area contributed by atoms with Crippen LogP contribution < -0.4 is 10.6 Å². The third-order valence-electron chi connectivity index (χ3n) is 2.72. The number of nitrogens with zero attached hydrogens (tertiary/aromatic N) is 1. The van der Waals surface area contributed by atoms with Crippen LogP contribution >= 0.6 is 0 Å². The minimum absolute atomic E-state index is 0.0694. The number of anilines is 1. The largest absolute Gasteiger partial charge is 0.432 e. The van der Waals surface area contributed by atoms with E-state index in [1.54, 1.807) is 7.11 Å². The van der Waals surface area contributed by atoms with Gasteiger partial charge in [-0.2, -0.15) is 0 Å². The second-order valence-corrected chi connectivity index (χ2v) is 3.75. The molecule has 0 radical (unpaired) electrons. The molecule has 0 saturated heterocycles. The molecule has 0 aliphatic heterocycles. The Morgan fingerprint density at radius 1 is 1.62 bits per heavy atom. The SMILES string of the molecule is CO[C@@H]1CCC[C@H]1NC(=O)Nc1ncco1. The normalized spacial score (nSPS) is 24.3. The van der Waals surface area contributed by atoms with Crippen LogP contribution in [0.1, 0.15) is 19.3 Å². The van der Waals surface area contributed by atoms with Gasteiger partial charge in [0, 0.05) is 7.11 Å². The summed E-state index contributed by atoms with van der Waals surface area (Å²) in [5.41, 5.74) is 0. The minimum Gasteiger partial charge on any atom is -0.432 e. The fourth-order valence-corrected chi connectivity index (χ4v) is 1.96. The van der Waals surface area contributed by atoms with Crippen molar-refractivity contribution in [1.82, 2.24) is 10.3 Å². The summed E-state index contributed by atoms with van der Waals surface area (Å²) in [6.07, 6.45) is 5.99. The number of carbonyl (C=O) groups is 1. The van der Waals surface area contributed by atoms with Gasteiger partial charge in [0.1, 0.15) is 6.26 Å². The Morgan fingerprint density at radius 3 is 3.19 bits per heavy atom. The Morgan fingerprint density at radius 2 is 2.50 bits per heavy atom. The number of amides is 2. The van der Waals surface area contributed by atoms with E-state index in [0.29, 0.717) is 0 Å². The second kappa shape index (κ2) is 4.98. The van der Waals surface area contributed by atoms with Crippen LogP contribution in [0.5, 0.6) is 0 Å². The molecule has 1 aliphatic rings. The number of nitrogens with one attached hydrogen (secondary N) is 2. The maximum Gasteiger partial charge on any atom is 0.323 e. The summed E-state index contributed by atoms with van der Waals surface area (Å²) in [6.45, 7) is 0. The quantitative estimate of drug-likeness (QED) is 0.814. The highest BCUT2D eigenvalue weighted by Gasteiger charge is 2.28. The van der Waals surface area contributed by atoms with E-state index in [1.165, 1.54) is 12.5 Å². The molecule has 0 bridgehead atoms. The Balaban J connectivity index is 1.83. The van der Waals surface area contributed by atoms with Gasteiger partial charge in [-0.25, -0.2) is 9.78 Å². The van der Waals surface area contributed by atoms with Crippen LogP contribution in [0.15, 0.2) is 16.9 Å². The monoisotopic (exact) mass is 225 g/mol. The van der Waals surface area contributed by atoms with Crippen LogP contribution in [0.3, 0.4) is 0 Å². The molecule has 2 rings (SSSR count). The molecular formula is C10H15N3O3. The van der Waals surface area contributed by atoms with Crippen molar-refractivity contribution in [2.75, 3.05) is 12.4 Å². The van der Waals surface area contributed by atoms with Gasteiger partial charge in [0.25, 0.3) is 0 Å². The van der Waals surface area contributed by atoms with Crippen LogP contribution in [0.2, 0.25) is 0 Å². The molecule has 1 saturated carbocycles. The van der Waals surface area contributed by atoms with E-state index in [0.717, 1.165) is 19.3 Å². The maximum absolute atomic E-state index is 11.6. The molecule has 88 valence electrons. The molecule has 1 aromatic heterocycles. The summed E-state index contributed by atoms with van der Waals surface area (Å²) in [7, 11) is 1.66. The average molecular weight is 225 g/mol. The van der Waals surface area contributed by atoms with E-state index in [-0.39, 0.29) is 24.2 Å². The maximum atomic E-state index is 11.6. The Labute approximate surface area is 93.4 Å². The van der Waals surface area contributed by atoms with Crippen molar-refractivity contribution < 1.29 is 13.9 Å². The van der Waals surface area contributed by atoms with E-state index in [4.69, 9.17) is 9.15 Å². The van der Waals surface area contributed by atoms with Gasteiger partial charge in [0.2, 0.25) is 0 Å². The van der Waals surface area contributed by atoms with Crippen LogP contribution in [0.4, 0.5) is 10.8 Å². The van der Waals surface area contributed by atoms with E-state index in [2.05, 4.69) is 15.6 Å². The first kappa shape index (κ1) is 10.9. The number of aromatic nitrogens is 1. The van der Waals surface area contributed by atoms with Crippen LogP contribution in [0.25, 0.3) is 0 Å². The molecule has 0 unspecified atom stereocenters. The average Bonchev–Trinajstić information content (AvgIpc) is 2.88. The number of rotatable bonds is 3. The molecule has 1 aliphatic carbocycles. The van der Waals surface area contributed by atoms with Crippen molar-refractivity contribution in [2.45, 2.75) is 31.4 Å². The highest BCUT2D eigenvalue weighted by molar-refractivity contribution is 5.87. The van der Waals surface area contributed by atoms with Crippen molar-refractivity contribution in [3.63, 3.8) is 0 Å². The zero-order valence-electron chi connectivity index (χ0n) is 9.10. The lowest BCUT2D eigenvalue weighted by atomic mass is 10.2. The zero-order chi connectivity index (χ0) is 11.4. The van der Waals surface area contributed by atoms with E-state index in [1.807, 2.05) is 0 Å². The molecule has 6 nitrogen and oxygen atoms in total. The van der Waals surface area contributed by atoms with Crippen molar-refractivity contribution in [1.29, 1.82) is 0 Å². The Bertz CT molecular complexity index is 339. The first-order valence-corrected chi connectivity index (χ1v) is 5.29. The van der Waals surface area contributed by atoms with Gasteiger partial charge in [-0.1, -0.05) is 0 Å². The molecule has 1 aromatic rings. The van der Waals surface area contributed by atoms with Gasteiger partial charge >= 0.3 is 12.0 Å².